The number of nitrogens with zero attached hydrogens (tertiary/aromatic N) is 2. The second-order valence-corrected chi connectivity index (χ2v) is 7.31. The lowest BCUT2D eigenvalue weighted by Crippen LogP contribution is -2.29. The predicted molar refractivity (Wildman–Crippen MR) is 96.1 cm³/mol. The third-order valence-electron chi connectivity index (χ3n) is 4.09. The van der Waals surface area contributed by atoms with E-state index in [0.717, 1.165) is 18.9 Å². The van der Waals surface area contributed by atoms with Gasteiger partial charge >= 0.3 is 0 Å². The molecular weight excluding hydrogens is 357 g/mol. The molecule has 2 aromatic rings. The van der Waals surface area contributed by atoms with Gasteiger partial charge in [0.15, 0.2) is 0 Å². The molecule has 0 radical (unpaired) electrons. The summed E-state index contributed by atoms with van der Waals surface area (Å²) in [4.78, 5) is 30.7. The van der Waals surface area contributed by atoms with E-state index < -0.39 is 22.5 Å². The molecule has 1 aliphatic heterocycles. The maximum Gasteiger partial charge on any atom is 0.274 e. The number of carbonyl (C=O) groups is 2. The number of nitrogens with one attached hydrogen (secondary N) is 1. The third kappa shape index (κ3) is 3.96. The van der Waals surface area contributed by atoms with Crippen LogP contribution >= 0.6 is 0 Å². The van der Waals surface area contributed by atoms with Crippen molar-refractivity contribution in [2.24, 2.45) is 0 Å². The van der Waals surface area contributed by atoms with Gasteiger partial charge in [0.1, 0.15) is 17.2 Å². The molecule has 0 saturated carbocycles. The Morgan fingerprint density at radius 2 is 1.85 bits per heavy atom. The monoisotopic (exact) mass is 375 g/mol. The minimum absolute atomic E-state index is 0.0681. The summed E-state index contributed by atoms with van der Waals surface area (Å²) >= 11 is 0. The van der Waals surface area contributed by atoms with E-state index in [-0.39, 0.29) is 27.9 Å². The minimum Gasteiger partial charge on any atom is -0.337 e. The van der Waals surface area contributed by atoms with Gasteiger partial charge in [0.2, 0.25) is 0 Å². The van der Waals surface area contributed by atoms with E-state index in [1.165, 1.54) is 24.5 Å². The summed E-state index contributed by atoms with van der Waals surface area (Å²) in [5, 5.41) is 2.54. The van der Waals surface area contributed by atoms with Crippen molar-refractivity contribution in [1.29, 1.82) is 0 Å². The number of aromatic nitrogens is 1. The average Bonchev–Trinajstić information content (AvgIpc) is 3.15. The number of pyridine rings is 1. The summed E-state index contributed by atoms with van der Waals surface area (Å²) in [6.45, 7) is 1.39. The fourth-order valence-electron chi connectivity index (χ4n) is 2.77. The molecule has 1 fully saturated rings. The van der Waals surface area contributed by atoms with Crippen LogP contribution < -0.4 is 5.32 Å². The standard InChI is InChI=1S/C18H18FN3O3S/c1-26(25)16-8-7-12(11-13(16)19)20-17(23)14-5-4-6-15(21-14)18(24)22-9-2-3-10-22/h4-8,11H,2-3,9-10H2,1H3,(H,20,23)/t26-/m1/s1. The number of carbonyl (C=O) groups excluding carboxylic acids is 2. The fourth-order valence-corrected chi connectivity index (χ4v) is 3.36. The number of likely N-dealkylation sites (tertiary alicyclic amines) is 1. The first kappa shape index (κ1) is 18.2. The Hall–Kier alpha value is -2.61. The minimum atomic E-state index is -1.45. The Labute approximate surface area is 152 Å². The van der Waals surface area contributed by atoms with E-state index in [1.807, 2.05) is 0 Å². The van der Waals surface area contributed by atoms with Gasteiger partial charge in [-0.05, 0) is 43.2 Å². The molecule has 6 nitrogen and oxygen atoms in total. The lowest BCUT2D eigenvalue weighted by molar-refractivity contribution is 0.0787. The Bertz CT molecular complexity index is 882. The normalized spacial score (nSPS) is 14.9. The van der Waals surface area contributed by atoms with Crippen molar-refractivity contribution in [3.63, 3.8) is 0 Å². The third-order valence-corrected chi connectivity index (χ3v) is 5.04. The highest BCUT2D eigenvalue weighted by Crippen LogP contribution is 2.18. The van der Waals surface area contributed by atoms with Crippen molar-refractivity contribution in [3.8, 4) is 0 Å². The van der Waals surface area contributed by atoms with Crippen LogP contribution in [0.5, 0.6) is 0 Å². The molecule has 8 heteroatoms. The van der Waals surface area contributed by atoms with Gasteiger partial charge < -0.3 is 10.2 Å². The first-order valence-electron chi connectivity index (χ1n) is 8.16. The SMILES string of the molecule is C[S@@](=O)c1ccc(NC(=O)c2cccc(C(=O)N3CCCC3)n2)cc1F. The molecule has 2 amide bonds. The topological polar surface area (TPSA) is 79.4 Å². The zero-order valence-corrected chi connectivity index (χ0v) is 15.0. The summed E-state index contributed by atoms with van der Waals surface area (Å²) in [7, 11) is -1.45. The highest BCUT2D eigenvalue weighted by Gasteiger charge is 2.21. The molecule has 1 N–H and O–H groups in total. The first-order valence-corrected chi connectivity index (χ1v) is 9.72. The number of halogens is 1. The molecule has 2 heterocycles. The molecule has 0 aliphatic carbocycles. The van der Waals surface area contributed by atoms with Gasteiger partial charge in [-0.2, -0.15) is 0 Å². The van der Waals surface area contributed by atoms with E-state index in [1.54, 1.807) is 17.0 Å². The molecule has 1 atom stereocenters. The van der Waals surface area contributed by atoms with Crippen molar-refractivity contribution >= 4 is 28.3 Å². The second kappa shape index (κ2) is 7.74. The van der Waals surface area contributed by atoms with Gasteiger partial charge in [-0.15, -0.1) is 0 Å². The van der Waals surface area contributed by atoms with Crippen molar-refractivity contribution < 1.29 is 18.2 Å². The van der Waals surface area contributed by atoms with Crippen molar-refractivity contribution in [2.75, 3.05) is 24.7 Å². The maximum atomic E-state index is 13.9. The van der Waals surface area contributed by atoms with Crippen molar-refractivity contribution in [3.05, 3.63) is 53.6 Å². The van der Waals surface area contributed by atoms with E-state index >= 15 is 0 Å². The quantitative estimate of drug-likeness (QED) is 0.890. The average molecular weight is 375 g/mol. The fraction of sp³-hybridized carbons (Fsp3) is 0.278. The predicted octanol–water partition coefficient (Wildman–Crippen LogP) is 2.45. The number of benzene rings is 1. The van der Waals surface area contributed by atoms with Crippen LogP contribution in [0.1, 0.15) is 33.8 Å². The Morgan fingerprint density at radius 3 is 2.50 bits per heavy atom. The number of rotatable bonds is 4. The molecular formula is C18H18FN3O3S. The maximum absolute atomic E-state index is 13.9. The first-order chi connectivity index (χ1) is 12.5. The Kier molecular flexibility index (Phi) is 5.41. The molecule has 136 valence electrons. The van der Waals surface area contributed by atoms with Gasteiger partial charge in [-0.25, -0.2) is 9.37 Å². The number of amides is 2. The Balaban J connectivity index is 1.76. The van der Waals surface area contributed by atoms with Crippen LogP contribution in [0.3, 0.4) is 0 Å². The molecule has 0 unspecified atom stereocenters. The van der Waals surface area contributed by atoms with Gasteiger partial charge in [0.25, 0.3) is 11.8 Å². The van der Waals surface area contributed by atoms with E-state index in [0.29, 0.717) is 13.1 Å². The van der Waals surface area contributed by atoms with Crippen LogP contribution in [0.25, 0.3) is 0 Å². The van der Waals surface area contributed by atoms with Crippen LogP contribution in [-0.4, -0.2) is 45.3 Å². The lowest BCUT2D eigenvalue weighted by atomic mass is 10.2. The van der Waals surface area contributed by atoms with Crippen LogP contribution in [0.2, 0.25) is 0 Å². The van der Waals surface area contributed by atoms with Crippen LogP contribution in [0, 0.1) is 5.82 Å². The summed E-state index contributed by atoms with van der Waals surface area (Å²) in [5.41, 5.74) is 0.501. The summed E-state index contributed by atoms with van der Waals surface area (Å²) in [6.07, 6.45) is 3.31. The summed E-state index contributed by atoms with van der Waals surface area (Å²) in [6, 6.07) is 8.59. The molecule has 1 saturated heterocycles. The van der Waals surface area contributed by atoms with Crippen LogP contribution in [0.4, 0.5) is 10.1 Å². The molecule has 1 aromatic heterocycles. The zero-order valence-electron chi connectivity index (χ0n) is 14.2. The van der Waals surface area contributed by atoms with Gasteiger partial charge in [-0.1, -0.05) is 6.07 Å². The molecule has 0 spiro atoms. The zero-order chi connectivity index (χ0) is 18.7. The Morgan fingerprint density at radius 1 is 1.15 bits per heavy atom. The van der Waals surface area contributed by atoms with E-state index in [9.17, 15) is 18.2 Å². The summed E-state index contributed by atoms with van der Waals surface area (Å²) < 4.78 is 25.3. The van der Waals surface area contributed by atoms with Gasteiger partial charge in [0, 0.05) is 25.0 Å². The molecule has 3 rings (SSSR count). The molecule has 1 aliphatic rings. The largest absolute Gasteiger partial charge is 0.337 e. The van der Waals surface area contributed by atoms with Crippen LogP contribution in [-0.2, 0) is 10.8 Å². The second-order valence-electron chi connectivity index (χ2n) is 5.96. The van der Waals surface area contributed by atoms with Gasteiger partial charge in [0.05, 0.1) is 15.7 Å². The molecule has 1 aromatic carbocycles. The van der Waals surface area contributed by atoms with Gasteiger partial charge in [-0.3, -0.25) is 13.8 Å². The van der Waals surface area contributed by atoms with E-state index in [2.05, 4.69) is 10.3 Å². The lowest BCUT2D eigenvalue weighted by Gasteiger charge is -2.14. The van der Waals surface area contributed by atoms with Crippen LogP contribution in [0.15, 0.2) is 41.3 Å². The number of anilines is 1. The highest BCUT2D eigenvalue weighted by molar-refractivity contribution is 7.84. The smallest absolute Gasteiger partial charge is 0.274 e. The highest BCUT2D eigenvalue weighted by atomic mass is 32.2. The summed E-state index contributed by atoms with van der Waals surface area (Å²) in [5.74, 6) is -1.40. The number of hydrogen-bond acceptors (Lipinski definition) is 4. The number of hydrogen-bond donors (Lipinski definition) is 1. The van der Waals surface area contributed by atoms with Crippen molar-refractivity contribution in [1.82, 2.24) is 9.88 Å². The molecule has 0 bridgehead atoms. The molecule has 26 heavy (non-hydrogen) atoms. The van der Waals surface area contributed by atoms with E-state index in [4.69, 9.17) is 0 Å². The van der Waals surface area contributed by atoms with Crippen molar-refractivity contribution in [2.45, 2.75) is 17.7 Å².